The van der Waals surface area contributed by atoms with Crippen LogP contribution in [-0.4, -0.2) is 21.5 Å². The fourth-order valence-electron chi connectivity index (χ4n) is 2.25. The minimum atomic E-state index is 0.166. The second-order valence-corrected chi connectivity index (χ2v) is 5.45. The van der Waals surface area contributed by atoms with Crippen LogP contribution >= 0.6 is 11.6 Å². The van der Waals surface area contributed by atoms with Crippen LogP contribution in [0.1, 0.15) is 36.2 Å². The van der Waals surface area contributed by atoms with Gasteiger partial charge < -0.3 is 5.32 Å². The van der Waals surface area contributed by atoms with Gasteiger partial charge in [0.05, 0.1) is 5.69 Å². The Balaban J connectivity index is 2.24. The average Bonchev–Trinajstić information content (AvgIpc) is 2.83. The zero-order valence-electron chi connectivity index (χ0n) is 12.2. The van der Waals surface area contributed by atoms with Crippen LogP contribution in [0.5, 0.6) is 0 Å². The van der Waals surface area contributed by atoms with Crippen molar-refractivity contribution in [2.45, 2.75) is 32.7 Å². The maximum atomic E-state index is 6.46. The normalized spacial score (nSPS) is 12.6. The van der Waals surface area contributed by atoms with Gasteiger partial charge in [-0.05, 0) is 31.0 Å². The molecule has 0 fully saturated rings. The first-order valence-electron chi connectivity index (χ1n) is 6.95. The number of benzene rings is 1. The van der Waals surface area contributed by atoms with E-state index in [0.717, 1.165) is 41.2 Å². The van der Waals surface area contributed by atoms with Crippen molar-refractivity contribution in [3.05, 3.63) is 46.2 Å². The molecule has 0 spiro atoms. The second-order valence-electron chi connectivity index (χ2n) is 5.07. The molecule has 20 heavy (non-hydrogen) atoms. The Morgan fingerprint density at radius 3 is 2.85 bits per heavy atom. The van der Waals surface area contributed by atoms with Gasteiger partial charge in [0.1, 0.15) is 0 Å². The molecule has 108 valence electrons. The molecule has 1 N–H and O–H groups in total. The molecule has 0 aliphatic rings. The molecule has 1 atom stereocenters. The smallest absolute Gasteiger partial charge is 0.0845 e. The first-order chi connectivity index (χ1) is 9.61. The summed E-state index contributed by atoms with van der Waals surface area (Å²) in [5, 5.41) is 12.5. The highest BCUT2D eigenvalue weighted by atomic mass is 35.5. The summed E-state index contributed by atoms with van der Waals surface area (Å²) in [5.41, 5.74) is 3.20. The number of aromatic nitrogens is 3. The summed E-state index contributed by atoms with van der Waals surface area (Å²) in [6.07, 6.45) is 3.82. The zero-order valence-corrected chi connectivity index (χ0v) is 13.0. The molecule has 1 heterocycles. The maximum Gasteiger partial charge on any atom is 0.0845 e. The molecule has 0 bridgehead atoms. The van der Waals surface area contributed by atoms with Gasteiger partial charge in [0.15, 0.2) is 0 Å². The number of aryl methyl sites for hydroxylation is 2. The number of hydrogen-bond acceptors (Lipinski definition) is 3. The molecule has 4 nitrogen and oxygen atoms in total. The lowest BCUT2D eigenvalue weighted by molar-refractivity contribution is 0.524. The quantitative estimate of drug-likeness (QED) is 0.890. The predicted molar refractivity (Wildman–Crippen MR) is 81.9 cm³/mol. The summed E-state index contributed by atoms with van der Waals surface area (Å²) in [6.45, 7) is 5.14. The highest BCUT2D eigenvalue weighted by molar-refractivity contribution is 6.32. The average molecular weight is 293 g/mol. The van der Waals surface area contributed by atoms with Crippen LogP contribution < -0.4 is 5.32 Å². The van der Waals surface area contributed by atoms with Crippen molar-refractivity contribution in [2.75, 3.05) is 6.54 Å². The number of rotatable bonds is 6. The molecule has 0 saturated heterocycles. The van der Waals surface area contributed by atoms with Gasteiger partial charge in [-0.3, -0.25) is 4.68 Å². The first kappa shape index (κ1) is 15.0. The van der Waals surface area contributed by atoms with Crippen LogP contribution in [0.3, 0.4) is 0 Å². The molecule has 0 radical (unpaired) electrons. The zero-order chi connectivity index (χ0) is 14.5. The Morgan fingerprint density at radius 1 is 1.40 bits per heavy atom. The van der Waals surface area contributed by atoms with E-state index in [0.29, 0.717) is 0 Å². The molecule has 0 aliphatic carbocycles. The highest BCUT2D eigenvalue weighted by Gasteiger charge is 2.17. The topological polar surface area (TPSA) is 42.7 Å². The summed E-state index contributed by atoms with van der Waals surface area (Å²) in [7, 11) is 1.88. The van der Waals surface area contributed by atoms with Crippen LogP contribution in [0.4, 0.5) is 0 Å². The van der Waals surface area contributed by atoms with Crippen molar-refractivity contribution in [1.82, 2.24) is 20.3 Å². The summed E-state index contributed by atoms with van der Waals surface area (Å²) >= 11 is 6.46. The lowest BCUT2D eigenvalue weighted by atomic mass is 10.00. The lowest BCUT2D eigenvalue weighted by Crippen LogP contribution is -2.24. The van der Waals surface area contributed by atoms with E-state index >= 15 is 0 Å². The first-order valence-corrected chi connectivity index (χ1v) is 7.33. The fraction of sp³-hybridized carbons (Fsp3) is 0.467. The SMILES string of the molecule is CCCNC(Cc1cn(C)nn1)c1cccc(C)c1Cl. The molecule has 1 aromatic heterocycles. The summed E-state index contributed by atoms with van der Waals surface area (Å²) in [4.78, 5) is 0. The second kappa shape index (κ2) is 6.86. The standard InChI is InChI=1S/C15H21ClN4/c1-4-8-17-14(9-12-10-20(3)19-18-12)13-7-5-6-11(2)15(13)16/h5-7,10,14,17H,4,8-9H2,1-3H3. The Kier molecular flexibility index (Phi) is 5.15. The number of nitrogens with zero attached hydrogens (tertiary/aromatic N) is 3. The highest BCUT2D eigenvalue weighted by Crippen LogP contribution is 2.28. The van der Waals surface area contributed by atoms with Crippen LogP contribution in [0, 0.1) is 6.92 Å². The van der Waals surface area contributed by atoms with Gasteiger partial charge in [-0.15, -0.1) is 5.10 Å². The van der Waals surface area contributed by atoms with Crippen LogP contribution in [0.25, 0.3) is 0 Å². The van der Waals surface area contributed by atoms with E-state index in [-0.39, 0.29) is 6.04 Å². The van der Waals surface area contributed by atoms with Crippen molar-refractivity contribution in [3.8, 4) is 0 Å². The van der Waals surface area contributed by atoms with E-state index in [1.165, 1.54) is 0 Å². The maximum absolute atomic E-state index is 6.46. The van der Waals surface area contributed by atoms with Crippen molar-refractivity contribution >= 4 is 11.6 Å². The largest absolute Gasteiger partial charge is 0.310 e. The van der Waals surface area contributed by atoms with E-state index < -0.39 is 0 Å². The van der Waals surface area contributed by atoms with Gasteiger partial charge >= 0.3 is 0 Å². The minimum absolute atomic E-state index is 0.166. The predicted octanol–water partition coefficient (Wildman–Crippen LogP) is 3.06. The van der Waals surface area contributed by atoms with Gasteiger partial charge in [-0.1, -0.05) is 41.9 Å². The molecule has 0 saturated carbocycles. The summed E-state index contributed by atoms with van der Waals surface area (Å²) in [5.74, 6) is 0. The van der Waals surface area contributed by atoms with Crippen LogP contribution in [0.2, 0.25) is 5.02 Å². The third kappa shape index (κ3) is 3.58. The third-order valence-electron chi connectivity index (χ3n) is 3.30. The molecular formula is C15H21ClN4. The number of hydrogen-bond donors (Lipinski definition) is 1. The van der Waals surface area contributed by atoms with Gasteiger partial charge in [-0.25, -0.2) is 0 Å². The molecule has 1 aromatic carbocycles. The van der Waals surface area contributed by atoms with E-state index in [2.05, 4.69) is 28.6 Å². The van der Waals surface area contributed by atoms with Gasteiger partial charge in [0, 0.05) is 30.7 Å². The van der Waals surface area contributed by atoms with Crippen molar-refractivity contribution in [3.63, 3.8) is 0 Å². The van der Waals surface area contributed by atoms with Crippen molar-refractivity contribution in [2.24, 2.45) is 7.05 Å². The molecular weight excluding hydrogens is 272 g/mol. The van der Waals surface area contributed by atoms with Crippen molar-refractivity contribution in [1.29, 1.82) is 0 Å². The van der Waals surface area contributed by atoms with E-state index in [1.807, 2.05) is 32.3 Å². The molecule has 5 heteroatoms. The minimum Gasteiger partial charge on any atom is -0.310 e. The van der Waals surface area contributed by atoms with E-state index in [1.54, 1.807) is 4.68 Å². The molecule has 0 aliphatic heterocycles. The third-order valence-corrected chi connectivity index (χ3v) is 3.82. The lowest BCUT2D eigenvalue weighted by Gasteiger charge is -2.20. The van der Waals surface area contributed by atoms with Crippen LogP contribution in [-0.2, 0) is 13.5 Å². The Bertz CT molecular complexity index is 565. The fourth-order valence-corrected chi connectivity index (χ4v) is 2.51. The molecule has 1 unspecified atom stereocenters. The van der Waals surface area contributed by atoms with Gasteiger partial charge in [-0.2, -0.15) is 0 Å². The summed E-state index contributed by atoms with van der Waals surface area (Å²) < 4.78 is 1.73. The van der Waals surface area contributed by atoms with Crippen molar-refractivity contribution < 1.29 is 0 Å². The van der Waals surface area contributed by atoms with Crippen LogP contribution in [0.15, 0.2) is 24.4 Å². The van der Waals surface area contributed by atoms with E-state index in [9.17, 15) is 0 Å². The molecule has 2 rings (SSSR count). The molecule has 2 aromatic rings. The van der Waals surface area contributed by atoms with Gasteiger partial charge in [0.25, 0.3) is 0 Å². The van der Waals surface area contributed by atoms with Gasteiger partial charge in [0.2, 0.25) is 0 Å². The monoisotopic (exact) mass is 292 g/mol. The molecule has 0 amide bonds. The number of halogens is 1. The Morgan fingerprint density at radius 2 is 2.20 bits per heavy atom. The summed E-state index contributed by atoms with van der Waals surface area (Å²) in [6, 6.07) is 6.33. The van der Waals surface area contributed by atoms with E-state index in [4.69, 9.17) is 11.6 Å². The number of nitrogens with one attached hydrogen (secondary N) is 1. The Labute approximate surface area is 125 Å². The Hall–Kier alpha value is -1.39.